The molecule has 0 radical (unpaired) electrons. The highest BCUT2D eigenvalue weighted by atomic mass is 16.5. The van der Waals surface area contributed by atoms with Crippen molar-refractivity contribution >= 4 is 16.9 Å². The van der Waals surface area contributed by atoms with Crippen LogP contribution in [0, 0.1) is 13.8 Å². The number of rotatable bonds is 4. The molecule has 1 saturated heterocycles. The summed E-state index contributed by atoms with van der Waals surface area (Å²) in [7, 11) is 0. The Kier molecular flexibility index (Phi) is 5.03. The molecule has 0 atom stereocenters. The predicted molar refractivity (Wildman–Crippen MR) is 118 cm³/mol. The van der Waals surface area contributed by atoms with Crippen molar-refractivity contribution in [2.24, 2.45) is 0 Å². The number of carbonyl (C=O) groups excluding carboxylic acids is 1. The van der Waals surface area contributed by atoms with Gasteiger partial charge in [0.1, 0.15) is 5.82 Å². The number of para-hydroxylation sites is 1. The van der Waals surface area contributed by atoms with E-state index in [1.54, 1.807) is 0 Å². The van der Waals surface area contributed by atoms with Crippen molar-refractivity contribution in [3.63, 3.8) is 0 Å². The molecule has 31 heavy (non-hydrogen) atoms. The largest absolute Gasteiger partial charge is 0.360 e. The summed E-state index contributed by atoms with van der Waals surface area (Å²) in [6, 6.07) is 17.9. The van der Waals surface area contributed by atoms with E-state index in [9.17, 15) is 4.79 Å². The zero-order valence-corrected chi connectivity index (χ0v) is 17.8. The molecule has 0 N–H and O–H groups in total. The Bertz CT molecular complexity index is 1220. The van der Waals surface area contributed by atoms with Gasteiger partial charge in [0, 0.05) is 43.5 Å². The number of carbonyl (C=O) groups is 1. The molecular weight excluding hydrogens is 390 g/mol. The van der Waals surface area contributed by atoms with Gasteiger partial charge in [-0.15, -0.1) is 0 Å². The lowest BCUT2D eigenvalue weighted by Gasteiger charge is -2.34. The fourth-order valence-electron chi connectivity index (χ4n) is 4.24. The zero-order valence-electron chi connectivity index (χ0n) is 17.8. The quantitative estimate of drug-likeness (QED) is 0.510. The summed E-state index contributed by atoms with van der Waals surface area (Å²) < 4.78 is 7.43. The Morgan fingerprint density at radius 2 is 1.77 bits per heavy atom. The van der Waals surface area contributed by atoms with Gasteiger partial charge in [-0.2, -0.15) is 0 Å². The van der Waals surface area contributed by atoms with Crippen LogP contribution in [0.2, 0.25) is 0 Å². The van der Waals surface area contributed by atoms with Crippen molar-refractivity contribution in [3.05, 3.63) is 77.4 Å². The SMILES string of the molecule is Cc1cc(CN2CCN(C(=O)c3ccc4c(c3)nc(C)n4-c3ccccc3)CC2)on1. The number of benzene rings is 2. The third kappa shape index (κ3) is 3.84. The van der Waals surface area contributed by atoms with Crippen LogP contribution in [0.25, 0.3) is 16.7 Å². The van der Waals surface area contributed by atoms with Crippen LogP contribution >= 0.6 is 0 Å². The van der Waals surface area contributed by atoms with Crippen molar-refractivity contribution in [1.82, 2.24) is 24.5 Å². The first-order valence-corrected chi connectivity index (χ1v) is 10.6. The van der Waals surface area contributed by atoms with Crippen molar-refractivity contribution in [2.75, 3.05) is 26.2 Å². The van der Waals surface area contributed by atoms with E-state index in [1.807, 2.05) is 61.2 Å². The lowest BCUT2D eigenvalue weighted by molar-refractivity contribution is 0.0617. The Labute approximate surface area is 180 Å². The highest BCUT2D eigenvalue weighted by Crippen LogP contribution is 2.23. The molecule has 0 unspecified atom stereocenters. The Hall–Kier alpha value is -3.45. The van der Waals surface area contributed by atoms with Gasteiger partial charge in [0.15, 0.2) is 5.76 Å². The molecule has 2 aromatic carbocycles. The van der Waals surface area contributed by atoms with E-state index in [2.05, 4.69) is 26.8 Å². The average molecular weight is 415 g/mol. The molecule has 0 spiro atoms. The van der Waals surface area contributed by atoms with Crippen LogP contribution in [0.1, 0.15) is 27.6 Å². The van der Waals surface area contributed by atoms with Crippen LogP contribution in [0.15, 0.2) is 59.1 Å². The van der Waals surface area contributed by atoms with Crippen molar-refractivity contribution in [2.45, 2.75) is 20.4 Å². The molecule has 1 fully saturated rings. The molecule has 158 valence electrons. The van der Waals surface area contributed by atoms with E-state index in [1.165, 1.54) is 0 Å². The number of fused-ring (bicyclic) bond motifs is 1. The molecule has 0 saturated carbocycles. The van der Waals surface area contributed by atoms with Gasteiger partial charge in [-0.1, -0.05) is 23.4 Å². The summed E-state index contributed by atoms with van der Waals surface area (Å²) in [4.78, 5) is 22.0. The first kappa shape index (κ1) is 19.5. The summed E-state index contributed by atoms with van der Waals surface area (Å²) >= 11 is 0. The zero-order chi connectivity index (χ0) is 21.4. The topological polar surface area (TPSA) is 67.4 Å². The maximum Gasteiger partial charge on any atom is 0.254 e. The van der Waals surface area contributed by atoms with Gasteiger partial charge in [0.05, 0.1) is 23.3 Å². The summed E-state index contributed by atoms with van der Waals surface area (Å²) in [5.74, 6) is 1.83. The number of hydrogen-bond acceptors (Lipinski definition) is 5. The van der Waals surface area contributed by atoms with E-state index in [0.717, 1.165) is 53.6 Å². The van der Waals surface area contributed by atoms with E-state index < -0.39 is 0 Å². The molecule has 7 nitrogen and oxygen atoms in total. The summed E-state index contributed by atoms with van der Waals surface area (Å²) in [5, 5.41) is 3.94. The second kappa shape index (κ2) is 8.00. The summed E-state index contributed by atoms with van der Waals surface area (Å²) in [5.41, 5.74) is 4.49. The average Bonchev–Trinajstić information content (AvgIpc) is 3.35. The number of amides is 1. The van der Waals surface area contributed by atoms with Gasteiger partial charge in [-0.3, -0.25) is 14.3 Å². The van der Waals surface area contributed by atoms with E-state index in [-0.39, 0.29) is 5.91 Å². The predicted octanol–water partition coefficient (Wildman–Crippen LogP) is 3.59. The third-order valence-electron chi connectivity index (χ3n) is 5.80. The molecule has 0 aliphatic carbocycles. The van der Waals surface area contributed by atoms with E-state index >= 15 is 0 Å². The number of aryl methyl sites for hydroxylation is 2. The molecule has 1 aliphatic heterocycles. The van der Waals surface area contributed by atoms with Gasteiger partial charge >= 0.3 is 0 Å². The van der Waals surface area contributed by atoms with Crippen molar-refractivity contribution in [3.8, 4) is 5.69 Å². The second-order valence-corrected chi connectivity index (χ2v) is 8.04. The summed E-state index contributed by atoms with van der Waals surface area (Å²) in [6.07, 6.45) is 0. The van der Waals surface area contributed by atoms with Crippen LogP contribution < -0.4 is 0 Å². The number of aromatic nitrogens is 3. The molecule has 4 aromatic rings. The number of imidazole rings is 1. The lowest BCUT2D eigenvalue weighted by atomic mass is 10.1. The molecule has 2 aromatic heterocycles. The van der Waals surface area contributed by atoms with Crippen LogP contribution in [-0.4, -0.2) is 56.6 Å². The summed E-state index contributed by atoms with van der Waals surface area (Å²) in [6.45, 7) is 7.66. The fraction of sp³-hybridized carbons (Fsp3) is 0.292. The van der Waals surface area contributed by atoms with Crippen LogP contribution in [-0.2, 0) is 6.54 Å². The maximum atomic E-state index is 13.1. The molecular formula is C24H25N5O2. The first-order chi connectivity index (χ1) is 15.1. The molecule has 1 aliphatic rings. The van der Waals surface area contributed by atoms with Gasteiger partial charge in [0.2, 0.25) is 0 Å². The standard InChI is InChI=1S/C24H25N5O2/c1-17-14-21(31-26-17)16-27-10-12-28(13-11-27)24(30)19-8-9-23-22(15-19)25-18(2)29(23)20-6-4-3-5-7-20/h3-9,14-15H,10-13,16H2,1-2H3. The van der Waals surface area contributed by atoms with E-state index in [0.29, 0.717) is 18.7 Å². The second-order valence-electron chi connectivity index (χ2n) is 8.04. The van der Waals surface area contributed by atoms with Crippen molar-refractivity contribution < 1.29 is 9.32 Å². The Morgan fingerprint density at radius 1 is 1.00 bits per heavy atom. The third-order valence-corrected chi connectivity index (χ3v) is 5.80. The normalized spacial score (nSPS) is 15.0. The maximum absolute atomic E-state index is 13.1. The van der Waals surface area contributed by atoms with E-state index in [4.69, 9.17) is 9.51 Å². The molecule has 5 rings (SSSR count). The number of hydrogen-bond donors (Lipinski definition) is 0. The molecule has 1 amide bonds. The van der Waals surface area contributed by atoms with Gasteiger partial charge in [-0.25, -0.2) is 4.98 Å². The van der Waals surface area contributed by atoms with Crippen LogP contribution in [0.3, 0.4) is 0 Å². The van der Waals surface area contributed by atoms with Crippen molar-refractivity contribution in [1.29, 1.82) is 0 Å². The van der Waals surface area contributed by atoms with Gasteiger partial charge in [0.25, 0.3) is 5.91 Å². The lowest BCUT2D eigenvalue weighted by Crippen LogP contribution is -2.48. The monoisotopic (exact) mass is 415 g/mol. The minimum Gasteiger partial charge on any atom is -0.360 e. The number of piperazine rings is 1. The highest BCUT2D eigenvalue weighted by Gasteiger charge is 2.23. The Morgan fingerprint density at radius 3 is 2.48 bits per heavy atom. The fourth-order valence-corrected chi connectivity index (χ4v) is 4.24. The molecule has 3 heterocycles. The smallest absolute Gasteiger partial charge is 0.254 e. The number of nitrogens with zero attached hydrogens (tertiary/aromatic N) is 5. The van der Waals surface area contributed by atoms with Crippen LogP contribution in [0.5, 0.6) is 0 Å². The first-order valence-electron chi connectivity index (χ1n) is 10.6. The van der Waals surface area contributed by atoms with Gasteiger partial charge in [-0.05, 0) is 44.2 Å². The van der Waals surface area contributed by atoms with Crippen LogP contribution in [0.4, 0.5) is 0 Å². The minimum absolute atomic E-state index is 0.0592. The molecule has 7 heteroatoms. The molecule has 0 bridgehead atoms. The highest BCUT2D eigenvalue weighted by molar-refractivity contribution is 5.97. The van der Waals surface area contributed by atoms with Gasteiger partial charge < -0.3 is 9.42 Å². The minimum atomic E-state index is 0.0592. The Balaban J connectivity index is 1.30.